The fraction of sp³-hybridized carbons (Fsp3) is 0.357. The van der Waals surface area contributed by atoms with Gasteiger partial charge in [0, 0.05) is 12.0 Å². The Kier molecular flexibility index (Phi) is 3.44. The lowest BCUT2D eigenvalue weighted by molar-refractivity contribution is 0.142. The number of rotatable bonds is 5. The zero-order chi connectivity index (χ0) is 16.7. The number of anilines is 1. The maximum absolute atomic E-state index is 12.7. The largest absolute Gasteiger partial charge is 0.363 e. The first kappa shape index (κ1) is 14.7. The van der Waals surface area contributed by atoms with Crippen LogP contribution < -0.4 is 10.9 Å². The quantitative estimate of drug-likeness (QED) is 0.657. The number of alkyl halides is 2. The molecule has 8 nitrogen and oxygen atoms in total. The predicted octanol–water partition coefficient (Wildman–Crippen LogP) is 1.86. The second-order valence-corrected chi connectivity index (χ2v) is 5.59. The van der Waals surface area contributed by atoms with Crippen LogP contribution in [-0.2, 0) is 6.54 Å². The van der Waals surface area contributed by atoms with Crippen LogP contribution in [-0.4, -0.2) is 29.9 Å². The molecule has 24 heavy (non-hydrogen) atoms. The smallest absolute Gasteiger partial charge is 0.295 e. The lowest BCUT2D eigenvalue weighted by atomic mass is 10.3. The molecule has 0 aliphatic heterocycles. The number of aromatic amines is 2. The van der Waals surface area contributed by atoms with Crippen LogP contribution in [0, 0.1) is 0 Å². The van der Waals surface area contributed by atoms with Gasteiger partial charge in [0.2, 0.25) is 0 Å². The van der Waals surface area contributed by atoms with E-state index < -0.39 is 12.2 Å². The summed E-state index contributed by atoms with van der Waals surface area (Å²) in [6.07, 6.45) is 0.567. The second kappa shape index (κ2) is 5.62. The molecule has 1 aliphatic carbocycles. The van der Waals surface area contributed by atoms with Gasteiger partial charge in [0.15, 0.2) is 17.3 Å². The van der Waals surface area contributed by atoms with E-state index in [4.69, 9.17) is 0 Å². The van der Waals surface area contributed by atoms with Crippen LogP contribution in [0.2, 0.25) is 0 Å². The maximum atomic E-state index is 12.7. The summed E-state index contributed by atoms with van der Waals surface area (Å²) >= 11 is 0. The normalized spacial score (nSPS) is 14.5. The highest BCUT2D eigenvalue weighted by molar-refractivity contribution is 5.82. The molecule has 0 radical (unpaired) electrons. The van der Waals surface area contributed by atoms with Gasteiger partial charge >= 0.3 is 0 Å². The Hall–Kier alpha value is -2.91. The molecule has 0 bridgehead atoms. The first-order valence-corrected chi connectivity index (χ1v) is 7.43. The average Bonchev–Trinajstić information content (AvgIpc) is 3.30. The SMILES string of the molecule is O=c1cc(CNc2ncnc3nc(C(F)F)[nH]c23)nc(C2CC2)[nH]1. The van der Waals surface area contributed by atoms with Crippen molar-refractivity contribution in [3.63, 3.8) is 0 Å². The van der Waals surface area contributed by atoms with E-state index in [0.29, 0.717) is 28.8 Å². The van der Waals surface area contributed by atoms with E-state index in [2.05, 4.69) is 35.2 Å². The fourth-order valence-electron chi connectivity index (χ4n) is 2.43. The van der Waals surface area contributed by atoms with E-state index in [1.165, 1.54) is 12.4 Å². The molecule has 3 N–H and O–H groups in total. The van der Waals surface area contributed by atoms with Crippen LogP contribution in [0.4, 0.5) is 14.6 Å². The van der Waals surface area contributed by atoms with Gasteiger partial charge in [-0.05, 0) is 12.8 Å². The molecule has 1 aliphatic rings. The van der Waals surface area contributed by atoms with Gasteiger partial charge in [0.1, 0.15) is 17.7 Å². The molecule has 3 aromatic heterocycles. The van der Waals surface area contributed by atoms with Crippen molar-refractivity contribution in [2.24, 2.45) is 0 Å². The minimum absolute atomic E-state index is 0.153. The number of hydrogen-bond acceptors (Lipinski definition) is 6. The standard InChI is InChI=1S/C14H13F2N7O/c15-10(16)14-22-9-12(18-5-19-13(9)23-14)17-4-7-3-8(24)21-11(20-7)6-1-2-6/h3,5-6,10H,1-2,4H2,(H,20,21,24)(H2,17,18,19,22,23). The molecule has 4 rings (SSSR count). The van der Waals surface area contributed by atoms with Crippen LogP contribution in [0.15, 0.2) is 17.2 Å². The summed E-state index contributed by atoms with van der Waals surface area (Å²) in [4.78, 5) is 33.0. The molecular formula is C14H13F2N7O. The van der Waals surface area contributed by atoms with E-state index in [1.807, 2.05) is 0 Å². The summed E-state index contributed by atoms with van der Waals surface area (Å²) < 4.78 is 25.5. The van der Waals surface area contributed by atoms with Gasteiger partial charge < -0.3 is 15.3 Å². The minimum Gasteiger partial charge on any atom is -0.363 e. The number of halogens is 2. The molecule has 0 aromatic carbocycles. The molecule has 1 fully saturated rings. The number of nitrogens with one attached hydrogen (secondary N) is 3. The second-order valence-electron chi connectivity index (χ2n) is 5.59. The lowest BCUT2D eigenvalue weighted by Crippen LogP contribution is -2.14. The highest BCUT2D eigenvalue weighted by Crippen LogP contribution is 2.37. The molecular weight excluding hydrogens is 320 g/mol. The Bertz CT molecular complexity index is 948. The monoisotopic (exact) mass is 333 g/mol. The third-order valence-corrected chi connectivity index (χ3v) is 3.73. The van der Waals surface area contributed by atoms with E-state index in [1.54, 1.807) is 0 Å². The zero-order valence-corrected chi connectivity index (χ0v) is 12.4. The van der Waals surface area contributed by atoms with E-state index in [-0.39, 0.29) is 17.8 Å². The lowest BCUT2D eigenvalue weighted by Gasteiger charge is -2.06. The number of H-pyrrole nitrogens is 2. The van der Waals surface area contributed by atoms with Crippen LogP contribution in [0.1, 0.15) is 42.5 Å². The van der Waals surface area contributed by atoms with Crippen LogP contribution in [0.5, 0.6) is 0 Å². The Labute approximate surface area is 133 Å². The Morgan fingerprint density at radius 2 is 2.08 bits per heavy atom. The minimum atomic E-state index is -2.72. The number of fused-ring (bicyclic) bond motifs is 1. The molecule has 0 atom stereocenters. The molecule has 124 valence electrons. The first-order chi connectivity index (χ1) is 11.6. The fourth-order valence-corrected chi connectivity index (χ4v) is 2.43. The summed E-state index contributed by atoms with van der Waals surface area (Å²) in [6, 6.07) is 1.40. The van der Waals surface area contributed by atoms with Gasteiger partial charge in [-0.25, -0.2) is 28.7 Å². The van der Waals surface area contributed by atoms with Gasteiger partial charge in [-0.3, -0.25) is 4.79 Å². The van der Waals surface area contributed by atoms with E-state index in [0.717, 1.165) is 12.8 Å². The molecule has 0 amide bonds. The number of nitrogens with zero attached hydrogens (tertiary/aromatic N) is 4. The van der Waals surface area contributed by atoms with Crippen molar-refractivity contribution in [2.75, 3.05) is 5.32 Å². The molecule has 3 heterocycles. The topological polar surface area (TPSA) is 112 Å². The third kappa shape index (κ3) is 2.82. The molecule has 0 saturated heterocycles. The summed E-state index contributed by atoms with van der Waals surface area (Å²) in [5, 5.41) is 2.99. The molecule has 0 unspecified atom stereocenters. The van der Waals surface area contributed by atoms with Crippen molar-refractivity contribution in [2.45, 2.75) is 31.7 Å². The van der Waals surface area contributed by atoms with Crippen LogP contribution in [0.25, 0.3) is 11.2 Å². The van der Waals surface area contributed by atoms with Crippen molar-refractivity contribution in [1.29, 1.82) is 0 Å². The summed E-state index contributed by atoms with van der Waals surface area (Å²) in [5.41, 5.74) is 0.791. The van der Waals surface area contributed by atoms with Crippen LogP contribution in [0.3, 0.4) is 0 Å². The van der Waals surface area contributed by atoms with E-state index >= 15 is 0 Å². The molecule has 0 spiro atoms. The predicted molar refractivity (Wildman–Crippen MR) is 80.8 cm³/mol. The van der Waals surface area contributed by atoms with E-state index in [9.17, 15) is 13.6 Å². The Balaban J connectivity index is 1.59. The summed E-state index contributed by atoms with van der Waals surface area (Å²) in [6.45, 7) is 0.235. The Morgan fingerprint density at radius 3 is 2.83 bits per heavy atom. The first-order valence-electron chi connectivity index (χ1n) is 7.43. The number of aromatic nitrogens is 6. The number of hydrogen-bond donors (Lipinski definition) is 3. The highest BCUT2D eigenvalue weighted by Gasteiger charge is 2.26. The maximum Gasteiger partial charge on any atom is 0.295 e. The average molecular weight is 333 g/mol. The Morgan fingerprint density at radius 1 is 1.25 bits per heavy atom. The van der Waals surface area contributed by atoms with Gasteiger partial charge in [0.05, 0.1) is 12.2 Å². The zero-order valence-electron chi connectivity index (χ0n) is 12.4. The van der Waals surface area contributed by atoms with Gasteiger partial charge in [-0.2, -0.15) is 0 Å². The third-order valence-electron chi connectivity index (χ3n) is 3.73. The number of imidazole rings is 1. The van der Waals surface area contributed by atoms with Gasteiger partial charge in [-0.1, -0.05) is 0 Å². The van der Waals surface area contributed by atoms with Gasteiger partial charge in [-0.15, -0.1) is 0 Å². The van der Waals surface area contributed by atoms with Crippen molar-refractivity contribution in [3.05, 3.63) is 40.1 Å². The molecule has 3 aromatic rings. The highest BCUT2D eigenvalue weighted by atomic mass is 19.3. The molecule has 10 heteroatoms. The summed E-state index contributed by atoms with van der Waals surface area (Å²) in [5.74, 6) is 0.881. The van der Waals surface area contributed by atoms with Crippen molar-refractivity contribution >= 4 is 17.0 Å². The molecule has 1 saturated carbocycles. The van der Waals surface area contributed by atoms with Crippen molar-refractivity contribution < 1.29 is 8.78 Å². The summed E-state index contributed by atoms with van der Waals surface area (Å²) in [7, 11) is 0. The van der Waals surface area contributed by atoms with Gasteiger partial charge in [0.25, 0.3) is 12.0 Å². The van der Waals surface area contributed by atoms with Crippen molar-refractivity contribution in [3.8, 4) is 0 Å². The van der Waals surface area contributed by atoms with Crippen LogP contribution >= 0.6 is 0 Å². The van der Waals surface area contributed by atoms with Crippen molar-refractivity contribution in [1.82, 2.24) is 29.9 Å².